The van der Waals surface area contributed by atoms with Gasteiger partial charge in [-0.1, -0.05) is 12.1 Å². The quantitative estimate of drug-likeness (QED) is 0.927. The first-order valence-electron chi connectivity index (χ1n) is 5.55. The third-order valence-corrected chi connectivity index (χ3v) is 3.43. The molecule has 18 heavy (non-hydrogen) atoms. The van der Waals surface area contributed by atoms with Gasteiger partial charge in [-0.25, -0.2) is 0 Å². The average molecular weight is 308 g/mol. The lowest BCUT2D eigenvalue weighted by molar-refractivity contribution is 0.102. The van der Waals surface area contributed by atoms with Gasteiger partial charge in [-0.15, -0.1) is 0 Å². The smallest absolute Gasteiger partial charge is 0.277 e. The van der Waals surface area contributed by atoms with Crippen LogP contribution in [-0.2, 0) is 7.05 Å². The summed E-state index contributed by atoms with van der Waals surface area (Å²) in [6.07, 6.45) is 1.75. The van der Waals surface area contributed by atoms with E-state index in [1.54, 1.807) is 17.9 Å². The van der Waals surface area contributed by atoms with Gasteiger partial charge in [-0.2, -0.15) is 5.10 Å². The monoisotopic (exact) mass is 307 g/mol. The van der Waals surface area contributed by atoms with Crippen molar-refractivity contribution in [3.05, 3.63) is 45.7 Å². The zero-order chi connectivity index (χ0) is 13.3. The first kappa shape index (κ1) is 12.8. The molecule has 0 atom stereocenters. The number of halogens is 1. The van der Waals surface area contributed by atoms with E-state index in [0.29, 0.717) is 10.2 Å². The standard InChI is InChI=1S/C13H14BrN3O/c1-8-5-4-6-11(9(8)2)15-13(18)12-10(14)7-17(3)16-12/h4-7H,1-3H3,(H,15,18). The predicted molar refractivity (Wildman–Crippen MR) is 74.8 cm³/mol. The molecule has 1 aromatic heterocycles. The van der Waals surface area contributed by atoms with E-state index in [9.17, 15) is 4.79 Å². The second-order valence-corrected chi connectivity index (χ2v) is 5.06. The van der Waals surface area contributed by atoms with E-state index in [-0.39, 0.29) is 5.91 Å². The molecular formula is C13H14BrN3O. The lowest BCUT2D eigenvalue weighted by Crippen LogP contribution is -2.14. The molecule has 0 aliphatic rings. The lowest BCUT2D eigenvalue weighted by Gasteiger charge is -2.09. The minimum atomic E-state index is -0.212. The van der Waals surface area contributed by atoms with Gasteiger partial charge in [0.15, 0.2) is 5.69 Å². The second-order valence-electron chi connectivity index (χ2n) is 4.20. The highest BCUT2D eigenvalue weighted by atomic mass is 79.9. The number of aryl methyl sites for hydroxylation is 2. The van der Waals surface area contributed by atoms with Gasteiger partial charge in [0.1, 0.15) is 0 Å². The van der Waals surface area contributed by atoms with Gasteiger partial charge >= 0.3 is 0 Å². The normalized spacial score (nSPS) is 10.4. The Bertz CT molecular complexity index is 604. The zero-order valence-corrected chi connectivity index (χ0v) is 12.1. The summed E-state index contributed by atoms with van der Waals surface area (Å²) in [6, 6.07) is 5.82. The molecule has 0 unspecified atom stereocenters. The molecule has 0 fully saturated rings. The molecule has 1 aromatic carbocycles. The van der Waals surface area contributed by atoms with Crippen molar-refractivity contribution in [3.8, 4) is 0 Å². The van der Waals surface area contributed by atoms with E-state index in [0.717, 1.165) is 16.8 Å². The van der Waals surface area contributed by atoms with E-state index >= 15 is 0 Å². The number of carbonyl (C=O) groups is 1. The first-order chi connectivity index (χ1) is 8.49. The van der Waals surface area contributed by atoms with E-state index in [1.165, 1.54) is 0 Å². The van der Waals surface area contributed by atoms with Gasteiger partial charge in [0, 0.05) is 18.9 Å². The Morgan fingerprint density at radius 3 is 2.72 bits per heavy atom. The van der Waals surface area contributed by atoms with Gasteiger partial charge in [0.05, 0.1) is 4.47 Å². The van der Waals surface area contributed by atoms with Crippen molar-refractivity contribution >= 4 is 27.5 Å². The number of benzene rings is 1. The van der Waals surface area contributed by atoms with E-state index in [2.05, 4.69) is 26.3 Å². The fourth-order valence-electron chi connectivity index (χ4n) is 1.68. The Hall–Kier alpha value is -1.62. The summed E-state index contributed by atoms with van der Waals surface area (Å²) >= 11 is 3.32. The van der Waals surface area contributed by atoms with Crippen LogP contribution in [0.4, 0.5) is 5.69 Å². The molecule has 94 valence electrons. The maximum Gasteiger partial charge on any atom is 0.277 e. The van der Waals surface area contributed by atoms with Crippen molar-refractivity contribution in [1.82, 2.24) is 9.78 Å². The maximum atomic E-state index is 12.1. The van der Waals surface area contributed by atoms with Crippen LogP contribution < -0.4 is 5.32 Å². The summed E-state index contributed by atoms with van der Waals surface area (Å²) in [7, 11) is 1.78. The van der Waals surface area contributed by atoms with Crippen molar-refractivity contribution in [2.24, 2.45) is 7.05 Å². The molecule has 0 saturated heterocycles. The third kappa shape index (κ3) is 2.46. The highest BCUT2D eigenvalue weighted by Crippen LogP contribution is 2.20. The van der Waals surface area contributed by atoms with Gasteiger partial charge < -0.3 is 5.32 Å². The minimum Gasteiger partial charge on any atom is -0.320 e. The highest BCUT2D eigenvalue weighted by Gasteiger charge is 2.15. The summed E-state index contributed by atoms with van der Waals surface area (Å²) in [5.74, 6) is -0.212. The largest absolute Gasteiger partial charge is 0.320 e. The first-order valence-corrected chi connectivity index (χ1v) is 6.35. The number of amides is 1. The summed E-state index contributed by atoms with van der Waals surface area (Å²) < 4.78 is 2.29. The Balaban J connectivity index is 2.27. The Morgan fingerprint density at radius 1 is 1.39 bits per heavy atom. The van der Waals surface area contributed by atoms with Gasteiger partial charge in [-0.05, 0) is 47.0 Å². The fraction of sp³-hybridized carbons (Fsp3) is 0.231. The van der Waals surface area contributed by atoms with E-state index < -0.39 is 0 Å². The summed E-state index contributed by atoms with van der Waals surface area (Å²) in [4.78, 5) is 12.1. The van der Waals surface area contributed by atoms with Crippen LogP contribution in [0.5, 0.6) is 0 Å². The number of nitrogens with one attached hydrogen (secondary N) is 1. The SMILES string of the molecule is Cc1cccc(NC(=O)c2nn(C)cc2Br)c1C. The van der Waals surface area contributed by atoms with Crippen LogP contribution >= 0.6 is 15.9 Å². The maximum absolute atomic E-state index is 12.1. The molecule has 0 spiro atoms. The molecule has 0 aliphatic heterocycles. The summed E-state index contributed by atoms with van der Waals surface area (Å²) in [5, 5.41) is 6.99. The Morgan fingerprint density at radius 2 is 2.11 bits per heavy atom. The van der Waals surface area contributed by atoms with Crippen molar-refractivity contribution in [2.45, 2.75) is 13.8 Å². The number of anilines is 1. The van der Waals surface area contributed by atoms with Crippen molar-refractivity contribution in [2.75, 3.05) is 5.32 Å². The number of carbonyl (C=O) groups excluding carboxylic acids is 1. The number of rotatable bonds is 2. The van der Waals surface area contributed by atoms with Gasteiger partial charge in [-0.3, -0.25) is 9.48 Å². The minimum absolute atomic E-state index is 0.212. The van der Waals surface area contributed by atoms with Crippen LogP contribution in [-0.4, -0.2) is 15.7 Å². The topological polar surface area (TPSA) is 46.9 Å². The molecule has 2 aromatic rings. The predicted octanol–water partition coefficient (Wildman–Crippen LogP) is 3.05. The molecule has 1 N–H and O–H groups in total. The number of hydrogen-bond acceptors (Lipinski definition) is 2. The average Bonchev–Trinajstić information content (AvgIpc) is 2.64. The molecule has 0 radical (unpaired) electrons. The van der Waals surface area contributed by atoms with Crippen molar-refractivity contribution < 1.29 is 4.79 Å². The number of aromatic nitrogens is 2. The Labute approximate surface area is 114 Å². The fourth-order valence-corrected chi connectivity index (χ4v) is 2.24. The van der Waals surface area contributed by atoms with Gasteiger partial charge in [0.2, 0.25) is 0 Å². The molecule has 1 heterocycles. The van der Waals surface area contributed by atoms with Crippen molar-refractivity contribution in [1.29, 1.82) is 0 Å². The molecule has 0 aliphatic carbocycles. The van der Waals surface area contributed by atoms with Crippen LogP contribution in [0.25, 0.3) is 0 Å². The number of hydrogen-bond donors (Lipinski definition) is 1. The van der Waals surface area contributed by atoms with Crippen LogP contribution in [0.3, 0.4) is 0 Å². The van der Waals surface area contributed by atoms with Crippen molar-refractivity contribution in [3.63, 3.8) is 0 Å². The molecular weight excluding hydrogens is 294 g/mol. The molecule has 4 nitrogen and oxygen atoms in total. The third-order valence-electron chi connectivity index (χ3n) is 2.85. The van der Waals surface area contributed by atoms with Crippen LogP contribution in [0.15, 0.2) is 28.9 Å². The van der Waals surface area contributed by atoms with Crippen LogP contribution in [0.2, 0.25) is 0 Å². The molecule has 0 saturated carbocycles. The van der Waals surface area contributed by atoms with Gasteiger partial charge in [0.25, 0.3) is 5.91 Å². The number of nitrogens with zero attached hydrogens (tertiary/aromatic N) is 2. The molecule has 0 bridgehead atoms. The summed E-state index contributed by atoms with van der Waals surface area (Å²) in [5.41, 5.74) is 3.42. The van der Waals surface area contributed by atoms with E-state index in [4.69, 9.17) is 0 Å². The second kappa shape index (κ2) is 4.94. The lowest BCUT2D eigenvalue weighted by atomic mass is 10.1. The van der Waals surface area contributed by atoms with Crippen LogP contribution in [0, 0.1) is 13.8 Å². The molecule has 1 amide bonds. The Kier molecular flexibility index (Phi) is 3.52. The van der Waals surface area contributed by atoms with Crippen LogP contribution in [0.1, 0.15) is 21.6 Å². The van der Waals surface area contributed by atoms with E-state index in [1.807, 2.05) is 32.0 Å². The highest BCUT2D eigenvalue weighted by molar-refractivity contribution is 9.10. The zero-order valence-electron chi connectivity index (χ0n) is 10.5. The summed E-state index contributed by atoms with van der Waals surface area (Å²) in [6.45, 7) is 4.00. The molecule has 5 heteroatoms. The molecule has 2 rings (SSSR count).